The molecular formula is C19H15N7OS. The van der Waals surface area contributed by atoms with Gasteiger partial charge < -0.3 is 4.74 Å². The number of ether oxygens (including phenoxy) is 1. The minimum atomic E-state index is 0.506. The highest BCUT2D eigenvalue weighted by Gasteiger charge is 2.25. The Bertz CT molecular complexity index is 1260. The fraction of sp³-hybridized carbons (Fsp3) is 0.105. The Morgan fingerprint density at radius 3 is 2.54 bits per heavy atom. The predicted octanol–water partition coefficient (Wildman–Crippen LogP) is 3.32. The first-order chi connectivity index (χ1) is 13.8. The lowest BCUT2D eigenvalue weighted by molar-refractivity contribution is 0.417. The Balaban J connectivity index is 1.89. The lowest BCUT2D eigenvalue weighted by atomic mass is 10.0. The van der Waals surface area contributed by atoms with Crippen LogP contribution in [0.4, 0.5) is 0 Å². The summed E-state index contributed by atoms with van der Waals surface area (Å²) in [6, 6.07) is 11.9. The fourth-order valence-corrected chi connectivity index (χ4v) is 3.76. The van der Waals surface area contributed by atoms with Gasteiger partial charge in [0.2, 0.25) is 11.5 Å². The molecule has 4 heterocycles. The van der Waals surface area contributed by atoms with Gasteiger partial charge in [0, 0.05) is 18.0 Å². The maximum Gasteiger partial charge on any atom is 0.220 e. The topological polar surface area (TPSA) is 83.0 Å². The van der Waals surface area contributed by atoms with E-state index in [1.807, 2.05) is 54.2 Å². The normalized spacial score (nSPS) is 11.2. The van der Waals surface area contributed by atoms with Crippen LogP contribution in [-0.4, -0.2) is 41.7 Å². The number of thiophene rings is 1. The standard InChI is InChI=1S/C19H15N7OS/c1-25-11-20-17(24-25)15-14(12-6-4-3-5-7-12)16(27-2)19-22-21-18(26(19)23-15)13-8-9-28-10-13/h3-11H,1-2H3. The number of hydrogen-bond donors (Lipinski definition) is 0. The van der Waals surface area contributed by atoms with E-state index in [-0.39, 0.29) is 0 Å². The summed E-state index contributed by atoms with van der Waals surface area (Å²) in [7, 11) is 3.44. The van der Waals surface area contributed by atoms with Crippen LogP contribution in [0.1, 0.15) is 0 Å². The zero-order valence-electron chi connectivity index (χ0n) is 15.1. The van der Waals surface area contributed by atoms with E-state index in [4.69, 9.17) is 9.84 Å². The third kappa shape index (κ3) is 2.55. The Hall–Kier alpha value is -3.59. The molecule has 0 radical (unpaired) electrons. The van der Waals surface area contributed by atoms with Crippen LogP contribution in [0.5, 0.6) is 5.75 Å². The molecule has 0 atom stereocenters. The molecule has 0 saturated carbocycles. The average Bonchev–Trinajstić information content (AvgIpc) is 3.47. The summed E-state index contributed by atoms with van der Waals surface area (Å²) < 4.78 is 9.13. The van der Waals surface area contributed by atoms with Crippen molar-refractivity contribution in [3.05, 3.63) is 53.5 Å². The van der Waals surface area contributed by atoms with Crippen molar-refractivity contribution in [1.82, 2.24) is 34.6 Å². The molecule has 0 aliphatic rings. The maximum absolute atomic E-state index is 5.79. The van der Waals surface area contributed by atoms with Crippen LogP contribution in [-0.2, 0) is 7.05 Å². The summed E-state index contributed by atoms with van der Waals surface area (Å²) in [5.41, 5.74) is 3.82. The molecule has 8 nitrogen and oxygen atoms in total. The van der Waals surface area contributed by atoms with Crippen LogP contribution in [0.3, 0.4) is 0 Å². The highest BCUT2D eigenvalue weighted by Crippen LogP contribution is 2.39. The lowest BCUT2D eigenvalue weighted by Gasteiger charge is -2.13. The number of nitrogens with zero attached hydrogens (tertiary/aromatic N) is 7. The van der Waals surface area contributed by atoms with Gasteiger partial charge in [0.1, 0.15) is 12.0 Å². The Labute approximate surface area is 164 Å². The third-order valence-corrected chi connectivity index (χ3v) is 5.05. The first kappa shape index (κ1) is 16.6. The van der Waals surface area contributed by atoms with Gasteiger partial charge in [0.25, 0.3) is 0 Å². The monoisotopic (exact) mass is 389 g/mol. The number of aromatic nitrogens is 7. The van der Waals surface area contributed by atoms with Crippen LogP contribution < -0.4 is 4.74 Å². The number of hydrogen-bond acceptors (Lipinski definition) is 7. The van der Waals surface area contributed by atoms with E-state index in [9.17, 15) is 0 Å². The van der Waals surface area contributed by atoms with Gasteiger partial charge in [-0.2, -0.15) is 21.0 Å². The summed E-state index contributed by atoms with van der Waals surface area (Å²) >= 11 is 1.59. The van der Waals surface area contributed by atoms with Crippen molar-refractivity contribution >= 4 is 17.0 Å². The third-order valence-electron chi connectivity index (χ3n) is 4.36. The molecule has 0 saturated heterocycles. The number of fused-ring (bicyclic) bond motifs is 1. The smallest absolute Gasteiger partial charge is 0.220 e. The van der Waals surface area contributed by atoms with E-state index in [0.717, 1.165) is 16.7 Å². The second kappa shape index (κ2) is 6.54. The quantitative estimate of drug-likeness (QED) is 0.469. The molecule has 138 valence electrons. The van der Waals surface area contributed by atoms with Gasteiger partial charge in [-0.25, -0.2) is 4.98 Å². The first-order valence-electron chi connectivity index (χ1n) is 8.53. The first-order valence-corrected chi connectivity index (χ1v) is 9.48. The van der Waals surface area contributed by atoms with E-state index >= 15 is 0 Å². The van der Waals surface area contributed by atoms with E-state index in [0.29, 0.717) is 28.7 Å². The van der Waals surface area contributed by atoms with Gasteiger partial charge in [-0.05, 0) is 17.0 Å². The van der Waals surface area contributed by atoms with E-state index in [1.165, 1.54) is 0 Å². The van der Waals surface area contributed by atoms with Crippen molar-refractivity contribution < 1.29 is 4.74 Å². The molecular weight excluding hydrogens is 374 g/mol. The van der Waals surface area contributed by atoms with Gasteiger partial charge in [-0.1, -0.05) is 30.3 Å². The fourth-order valence-electron chi connectivity index (χ4n) is 3.13. The van der Waals surface area contributed by atoms with Gasteiger partial charge >= 0.3 is 0 Å². The van der Waals surface area contributed by atoms with Crippen molar-refractivity contribution in [3.8, 4) is 39.8 Å². The molecule has 0 N–H and O–H groups in total. The Kier molecular flexibility index (Phi) is 3.87. The van der Waals surface area contributed by atoms with Crippen molar-refractivity contribution in [3.63, 3.8) is 0 Å². The van der Waals surface area contributed by atoms with Crippen LogP contribution in [0.2, 0.25) is 0 Å². The van der Waals surface area contributed by atoms with Crippen LogP contribution >= 0.6 is 11.3 Å². The Morgan fingerprint density at radius 2 is 1.86 bits per heavy atom. The minimum Gasteiger partial charge on any atom is -0.492 e. The number of benzene rings is 1. The molecule has 0 unspecified atom stereocenters. The van der Waals surface area contributed by atoms with Crippen molar-refractivity contribution in [2.75, 3.05) is 7.11 Å². The van der Waals surface area contributed by atoms with E-state index < -0.39 is 0 Å². The summed E-state index contributed by atoms with van der Waals surface area (Å²) in [6.07, 6.45) is 1.65. The van der Waals surface area contributed by atoms with Crippen molar-refractivity contribution in [2.45, 2.75) is 0 Å². The molecule has 1 aromatic carbocycles. The second-order valence-electron chi connectivity index (χ2n) is 6.14. The molecule has 0 aliphatic carbocycles. The van der Waals surface area contributed by atoms with Crippen LogP contribution in [0.15, 0.2) is 53.5 Å². The summed E-state index contributed by atoms with van der Waals surface area (Å²) in [4.78, 5) is 4.41. The summed E-state index contributed by atoms with van der Waals surface area (Å²) in [5.74, 6) is 1.73. The zero-order valence-corrected chi connectivity index (χ0v) is 16.0. The van der Waals surface area contributed by atoms with E-state index in [2.05, 4.69) is 20.3 Å². The molecule has 4 aromatic heterocycles. The largest absolute Gasteiger partial charge is 0.492 e. The highest BCUT2D eigenvalue weighted by molar-refractivity contribution is 7.08. The second-order valence-corrected chi connectivity index (χ2v) is 6.92. The minimum absolute atomic E-state index is 0.506. The molecule has 28 heavy (non-hydrogen) atoms. The molecule has 0 spiro atoms. The summed E-state index contributed by atoms with van der Waals surface area (Å²) in [6.45, 7) is 0. The zero-order chi connectivity index (χ0) is 19.1. The highest BCUT2D eigenvalue weighted by atomic mass is 32.1. The average molecular weight is 389 g/mol. The molecule has 5 aromatic rings. The number of rotatable bonds is 4. The van der Waals surface area contributed by atoms with Gasteiger partial charge in [0.05, 0.1) is 12.7 Å². The molecule has 0 fully saturated rings. The molecule has 0 amide bonds. The van der Waals surface area contributed by atoms with Gasteiger partial charge in [-0.15, -0.1) is 15.3 Å². The molecule has 0 bridgehead atoms. The van der Waals surface area contributed by atoms with Crippen LogP contribution in [0.25, 0.3) is 39.7 Å². The number of aryl methyl sites for hydroxylation is 1. The van der Waals surface area contributed by atoms with Crippen molar-refractivity contribution in [2.24, 2.45) is 7.05 Å². The maximum atomic E-state index is 5.79. The summed E-state index contributed by atoms with van der Waals surface area (Å²) in [5, 5.41) is 22.0. The van der Waals surface area contributed by atoms with Crippen molar-refractivity contribution in [1.29, 1.82) is 0 Å². The molecule has 9 heteroatoms. The lowest BCUT2D eigenvalue weighted by Crippen LogP contribution is -2.04. The molecule has 0 aliphatic heterocycles. The van der Waals surface area contributed by atoms with Crippen LogP contribution in [0, 0.1) is 0 Å². The molecule has 5 rings (SSSR count). The van der Waals surface area contributed by atoms with Gasteiger partial charge in [0.15, 0.2) is 11.6 Å². The number of methoxy groups -OCH3 is 1. The predicted molar refractivity (Wildman–Crippen MR) is 106 cm³/mol. The SMILES string of the molecule is COc1c(-c2ccccc2)c(-c2ncn(C)n2)nn2c(-c3ccsc3)nnc12. The van der Waals surface area contributed by atoms with Gasteiger partial charge in [-0.3, -0.25) is 4.68 Å². The van der Waals surface area contributed by atoms with E-state index in [1.54, 1.807) is 34.0 Å². The Morgan fingerprint density at radius 1 is 1.00 bits per heavy atom.